The molecule has 25 heavy (non-hydrogen) atoms. The van der Waals surface area contributed by atoms with Gasteiger partial charge in [-0.1, -0.05) is 11.6 Å². The Kier molecular flexibility index (Phi) is 5.01. The van der Waals surface area contributed by atoms with E-state index in [0.717, 1.165) is 24.1 Å². The van der Waals surface area contributed by atoms with Crippen molar-refractivity contribution in [1.29, 1.82) is 0 Å². The van der Waals surface area contributed by atoms with E-state index in [1.54, 1.807) is 23.1 Å². The van der Waals surface area contributed by atoms with E-state index in [4.69, 9.17) is 11.6 Å². The van der Waals surface area contributed by atoms with E-state index in [1.165, 1.54) is 24.3 Å². The molecule has 0 aliphatic carbocycles. The first-order valence-corrected chi connectivity index (χ1v) is 9.92. The van der Waals surface area contributed by atoms with Crippen LogP contribution >= 0.6 is 11.6 Å². The van der Waals surface area contributed by atoms with Crippen molar-refractivity contribution in [1.82, 2.24) is 0 Å². The van der Waals surface area contributed by atoms with Crippen molar-refractivity contribution < 1.29 is 13.2 Å². The molecule has 1 heterocycles. The number of aryl methyl sites for hydroxylation is 1. The SMILES string of the molecule is Cc1cc(NS(=O)(=O)c2ccc(Cl)cc2)ccc1N1CCCCC1=O. The first-order chi connectivity index (χ1) is 11.9. The number of anilines is 2. The van der Waals surface area contributed by atoms with E-state index in [0.29, 0.717) is 23.7 Å². The Morgan fingerprint density at radius 2 is 1.80 bits per heavy atom. The summed E-state index contributed by atoms with van der Waals surface area (Å²) >= 11 is 5.80. The monoisotopic (exact) mass is 378 g/mol. The van der Waals surface area contributed by atoms with Gasteiger partial charge in [0.1, 0.15) is 0 Å². The fraction of sp³-hybridized carbons (Fsp3) is 0.278. The molecule has 1 amide bonds. The molecule has 0 saturated carbocycles. The summed E-state index contributed by atoms with van der Waals surface area (Å²) in [5.41, 5.74) is 2.14. The minimum absolute atomic E-state index is 0.115. The number of carbonyl (C=O) groups is 1. The highest BCUT2D eigenvalue weighted by molar-refractivity contribution is 7.92. The Bertz CT molecular complexity index is 895. The molecule has 5 nitrogen and oxygen atoms in total. The number of benzene rings is 2. The second kappa shape index (κ2) is 7.06. The maximum Gasteiger partial charge on any atom is 0.261 e. The van der Waals surface area contributed by atoms with Crippen LogP contribution in [-0.2, 0) is 14.8 Å². The van der Waals surface area contributed by atoms with Crippen LogP contribution in [-0.4, -0.2) is 20.9 Å². The fourth-order valence-electron chi connectivity index (χ4n) is 2.91. The van der Waals surface area contributed by atoms with Gasteiger partial charge in [-0.2, -0.15) is 0 Å². The van der Waals surface area contributed by atoms with E-state index in [1.807, 2.05) is 6.92 Å². The van der Waals surface area contributed by atoms with Gasteiger partial charge in [0.15, 0.2) is 0 Å². The van der Waals surface area contributed by atoms with Crippen molar-refractivity contribution in [2.75, 3.05) is 16.2 Å². The van der Waals surface area contributed by atoms with Gasteiger partial charge in [-0.05, 0) is 67.8 Å². The first kappa shape index (κ1) is 17.8. The van der Waals surface area contributed by atoms with Crippen LogP contribution in [0.2, 0.25) is 5.02 Å². The van der Waals surface area contributed by atoms with Gasteiger partial charge in [0.2, 0.25) is 5.91 Å². The third kappa shape index (κ3) is 3.96. The zero-order valence-electron chi connectivity index (χ0n) is 13.8. The minimum atomic E-state index is -3.68. The second-order valence-corrected chi connectivity index (χ2v) is 8.18. The van der Waals surface area contributed by atoms with E-state index in [9.17, 15) is 13.2 Å². The summed E-state index contributed by atoms with van der Waals surface area (Å²) in [6, 6.07) is 11.2. The van der Waals surface area contributed by atoms with Gasteiger partial charge in [0, 0.05) is 29.4 Å². The summed E-state index contributed by atoms with van der Waals surface area (Å²) < 4.78 is 27.5. The maximum absolute atomic E-state index is 12.4. The van der Waals surface area contributed by atoms with E-state index < -0.39 is 10.0 Å². The summed E-state index contributed by atoms with van der Waals surface area (Å²) in [6.07, 6.45) is 2.47. The van der Waals surface area contributed by atoms with E-state index >= 15 is 0 Å². The third-order valence-corrected chi connectivity index (χ3v) is 5.84. The van der Waals surface area contributed by atoms with Crippen LogP contribution in [0.4, 0.5) is 11.4 Å². The van der Waals surface area contributed by atoms with Crippen molar-refractivity contribution in [3.05, 3.63) is 53.1 Å². The van der Waals surface area contributed by atoms with E-state index in [2.05, 4.69) is 4.72 Å². The Morgan fingerprint density at radius 1 is 1.08 bits per heavy atom. The zero-order valence-corrected chi connectivity index (χ0v) is 15.4. The van der Waals surface area contributed by atoms with Gasteiger partial charge in [-0.25, -0.2) is 8.42 Å². The molecule has 3 rings (SSSR count). The Labute approximate surface area is 152 Å². The molecule has 132 valence electrons. The first-order valence-electron chi connectivity index (χ1n) is 8.06. The van der Waals surface area contributed by atoms with Gasteiger partial charge < -0.3 is 4.90 Å². The Balaban J connectivity index is 1.83. The van der Waals surface area contributed by atoms with Crippen LogP contribution in [0.5, 0.6) is 0 Å². The molecule has 0 atom stereocenters. The largest absolute Gasteiger partial charge is 0.312 e. The summed E-state index contributed by atoms with van der Waals surface area (Å²) in [5, 5.41) is 0.477. The third-order valence-electron chi connectivity index (χ3n) is 4.19. The van der Waals surface area contributed by atoms with E-state index in [-0.39, 0.29) is 10.8 Å². The number of piperidine rings is 1. The molecule has 0 unspecified atom stereocenters. The Hall–Kier alpha value is -2.05. The van der Waals surface area contributed by atoms with Crippen LogP contribution in [0.3, 0.4) is 0 Å². The normalized spacial score (nSPS) is 15.3. The maximum atomic E-state index is 12.4. The predicted octanol–water partition coefficient (Wildman–Crippen LogP) is 3.97. The minimum Gasteiger partial charge on any atom is -0.312 e. The Morgan fingerprint density at radius 3 is 2.44 bits per heavy atom. The number of nitrogens with zero attached hydrogens (tertiary/aromatic N) is 1. The van der Waals surface area contributed by atoms with Crippen LogP contribution in [0.25, 0.3) is 0 Å². The smallest absolute Gasteiger partial charge is 0.261 e. The molecule has 2 aromatic carbocycles. The van der Waals surface area contributed by atoms with Gasteiger partial charge in [-0.15, -0.1) is 0 Å². The number of sulfonamides is 1. The van der Waals surface area contributed by atoms with Gasteiger partial charge in [0.05, 0.1) is 4.90 Å². The van der Waals surface area contributed by atoms with Crippen LogP contribution < -0.4 is 9.62 Å². The fourth-order valence-corrected chi connectivity index (χ4v) is 4.09. The molecule has 1 fully saturated rings. The number of hydrogen-bond acceptors (Lipinski definition) is 3. The highest BCUT2D eigenvalue weighted by Crippen LogP contribution is 2.28. The van der Waals surface area contributed by atoms with Crippen molar-refractivity contribution >= 4 is 38.9 Å². The molecule has 2 aromatic rings. The summed E-state index contributed by atoms with van der Waals surface area (Å²) in [7, 11) is -3.68. The van der Waals surface area contributed by atoms with Gasteiger partial charge >= 0.3 is 0 Å². The number of nitrogens with one attached hydrogen (secondary N) is 1. The lowest BCUT2D eigenvalue weighted by Crippen LogP contribution is -2.35. The number of hydrogen-bond donors (Lipinski definition) is 1. The summed E-state index contributed by atoms with van der Waals surface area (Å²) in [5.74, 6) is 0.115. The lowest BCUT2D eigenvalue weighted by molar-refractivity contribution is -0.119. The van der Waals surface area contributed by atoms with Gasteiger partial charge in [0.25, 0.3) is 10.0 Å². The van der Waals surface area contributed by atoms with Gasteiger partial charge in [-0.3, -0.25) is 9.52 Å². The number of halogens is 1. The summed E-state index contributed by atoms with van der Waals surface area (Å²) in [6.45, 7) is 2.58. The molecule has 0 aromatic heterocycles. The standard InChI is InChI=1S/C18H19ClN2O3S/c1-13-12-15(7-10-17(13)21-11-3-2-4-18(21)22)20-25(23,24)16-8-5-14(19)6-9-16/h5-10,12,20H,2-4,11H2,1H3. The van der Waals surface area contributed by atoms with Crippen molar-refractivity contribution in [2.24, 2.45) is 0 Å². The highest BCUT2D eigenvalue weighted by Gasteiger charge is 2.21. The van der Waals surface area contributed by atoms with Crippen molar-refractivity contribution in [3.8, 4) is 0 Å². The quantitative estimate of drug-likeness (QED) is 0.875. The summed E-state index contributed by atoms with van der Waals surface area (Å²) in [4.78, 5) is 14.0. The molecule has 0 spiro atoms. The molecule has 1 N–H and O–H groups in total. The van der Waals surface area contributed by atoms with Crippen LogP contribution in [0, 0.1) is 6.92 Å². The second-order valence-electron chi connectivity index (χ2n) is 6.06. The van der Waals surface area contributed by atoms with Crippen LogP contribution in [0.15, 0.2) is 47.4 Å². The van der Waals surface area contributed by atoms with Crippen molar-refractivity contribution in [2.45, 2.75) is 31.1 Å². The topological polar surface area (TPSA) is 66.5 Å². The number of amides is 1. The molecule has 0 radical (unpaired) electrons. The lowest BCUT2D eigenvalue weighted by atomic mass is 10.1. The van der Waals surface area contributed by atoms with Crippen molar-refractivity contribution in [3.63, 3.8) is 0 Å². The molecule has 0 bridgehead atoms. The average Bonchev–Trinajstić information content (AvgIpc) is 2.56. The highest BCUT2D eigenvalue weighted by atomic mass is 35.5. The molecule has 1 aliphatic rings. The predicted molar refractivity (Wildman–Crippen MR) is 99.6 cm³/mol. The number of rotatable bonds is 4. The molecule has 7 heteroatoms. The number of carbonyl (C=O) groups excluding carboxylic acids is 1. The zero-order chi connectivity index (χ0) is 18.0. The molecule has 1 saturated heterocycles. The lowest BCUT2D eigenvalue weighted by Gasteiger charge is -2.28. The molecular weight excluding hydrogens is 360 g/mol. The van der Waals surface area contributed by atoms with Crippen LogP contribution in [0.1, 0.15) is 24.8 Å². The molecule has 1 aliphatic heterocycles. The molecular formula is C18H19ClN2O3S. The average molecular weight is 379 g/mol.